The van der Waals surface area contributed by atoms with Gasteiger partial charge >= 0.3 is 0 Å². The van der Waals surface area contributed by atoms with Gasteiger partial charge in [0.15, 0.2) is 17.5 Å². The predicted molar refractivity (Wildman–Crippen MR) is 252 cm³/mol. The Balaban J connectivity index is 1.05. The molecular formula is C57H38N4. The van der Waals surface area contributed by atoms with Gasteiger partial charge in [0.05, 0.1) is 11.0 Å². The van der Waals surface area contributed by atoms with E-state index in [1.54, 1.807) is 0 Å². The number of hydrogen-bond donors (Lipinski definition) is 0. The van der Waals surface area contributed by atoms with Gasteiger partial charge in [-0.3, -0.25) is 0 Å². The summed E-state index contributed by atoms with van der Waals surface area (Å²) in [7, 11) is 0. The summed E-state index contributed by atoms with van der Waals surface area (Å²) < 4.78 is 2.41. The van der Waals surface area contributed by atoms with Gasteiger partial charge in [0, 0.05) is 33.2 Å². The summed E-state index contributed by atoms with van der Waals surface area (Å²) in [4.78, 5) is 15.0. The van der Waals surface area contributed by atoms with Crippen LogP contribution in [0, 0.1) is 0 Å². The van der Waals surface area contributed by atoms with Crippen LogP contribution in [0.4, 0.5) is 0 Å². The quantitative estimate of drug-likeness (QED) is 0.154. The molecule has 0 atom stereocenters. The van der Waals surface area contributed by atoms with Crippen LogP contribution in [0.1, 0.15) is 0 Å². The Morgan fingerprint density at radius 2 is 0.672 bits per heavy atom. The second-order valence-corrected chi connectivity index (χ2v) is 15.3. The van der Waals surface area contributed by atoms with Gasteiger partial charge < -0.3 is 4.57 Å². The minimum Gasteiger partial charge on any atom is -0.309 e. The lowest BCUT2D eigenvalue weighted by atomic mass is 9.93. The molecule has 11 rings (SSSR count). The topological polar surface area (TPSA) is 43.6 Å². The lowest BCUT2D eigenvalue weighted by molar-refractivity contribution is 1.07. The maximum Gasteiger partial charge on any atom is 0.164 e. The molecule has 9 aromatic carbocycles. The first-order valence-corrected chi connectivity index (χ1v) is 20.6. The lowest BCUT2D eigenvalue weighted by Gasteiger charge is -2.14. The van der Waals surface area contributed by atoms with Crippen molar-refractivity contribution < 1.29 is 0 Å². The third kappa shape index (κ3) is 6.86. The van der Waals surface area contributed by atoms with E-state index < -0.39 is 0 Å². The van der Waals surface area contributed by atoms with Gasteiger partial charge in [-0.25, -0.2) is 15.0 Å². The van der Waals surface area contributed by atoms with Crippen LogP contribution in [0.5, 0.6) is 0 Å². The molecule has 286 valence electrons. The van der Waals surface area contributed by atoms with Gasteiger partial charge in [-0.05, 0) is 93.0 Å². The number of benzene rings is 9. The molecule has 0 aliphatic carbocycles. The molecule has 0 saturated carbocycles. The summed E-state index contributed by atoms with van der Waals surface area (Å²) in [6.45, 7) is 0. The normalized spacial score (nSPS) is 11.3. The first-order chi connectivity index (χ1) is 30.2. The van der Waals surface area contributed by atoms with Crippen molar-refractivity contribution in [3.05, 3.63) is 231 Å². The summed E-state index contributed by atoms with van der Waals surface area (Å²) >= 11 is 0. The Bertz CT molecular complexity index is 3220. The average Bonchev–Trinajstić information content (AvgIpc) is 3.69. The van der Waals surface area contributed by atoms with E-state index >= 15 is 0 Å². The van der Waals surface area contributed by atoms with E-state index in [1.165, 1.54) is 38.6 Å². The first kappa shape index (κ1) is 35.9. The molecule has 4 nitrogen and oxygen atoms in total. The van der Waals surface area contributed by atoms with Crippen molar-refractivity contribution in [1.82, 2.24) is 19.5 Å². The van der Waals surface area contributed by atoms with E-state index in [1.807, 2.05) is 60.7 Å². The number of aromatic nitrogens is 4. The van der Waals surface area contributed by atoms with Gasteiger partial charge in [-0.15, -0.1) is 0 Å². The molecule has 0 N–H and O–H groups in total. The highest BCUT2D eigenvalue weighted by molar-refractivity contribution is 6.16. The average molecular weight is 779 g/mol. The standard InChI is InChI=1S/C57H38N4/c1-5-18-39(19-6-1)46-35-47(40-20-7-2-8-21-40)37-48(36-46)43-26-16-29-49(38-43)61-52-32-14-13-30-51(52)54-50(31-17-33-53(54)61)44-27-15-28-45(34-44)57-59-55(41-22-9-3-10-23-41)58-56(60-57)42-24-11-4-12-25-42/h1-38H. The molecule has 0 aliphatic heterocycles. The Labute approximate surface area is 354 Å². The van der Waals surface area contributed by atoms with E-state index in [0.29, 0.717) is 17.5 Å². The molecule has 0 unspecified atom stereocenters. The van der Waals surface area contributed by atoms with Crippen LogP contribution < -0.4 is 0 Å². The molecule has 0 bridgehead atoms. The summed E-state index contributed by atoms with van der Waals surface area (Å²) in [6.07, 6.45) is 0. The second kappa shape index (κ2) is 15.5. The third-order valence-corrected chi connectivity index (χ3v) is 11.4. The largest absolute Gasteiger partial charge is 0.309 e. The molecule has 4 heteroatoms. The smallest absolute Gasteiger partial charge is 0.164 e. The Kier molecular flexibility index (Phi) is 9.14. The minimum atomic E-state index is 0.632. The minimum absolute atomic E-state index is 0.632. The maximum atomic E-state index is 5.04. The second-order valence-electron chi connectivity index (χ2n) is 15.3. The monoisotopic (exact) mass is 778 g/mol. The molecule has 0 amide bonds. The molecule has 2 aromatic heterocycles. The Morgan fingerprint density at radius 3 is 1.28 bits per heavy atom. The molecule has 61 heavy (non-hydrogen) atoms. The maximum absolute atomic E-state index is 5.04. The van der Waals surface area contributed by atoms with Crippen LogP contribution in [0.3, 0.4) is 0 Å². The Hall–Kier alpha value is -8.21. The fraction of sp³-hybridized carbons (Fsp3) is 0. The van der Waals surface area contributed by atoms with E-state index in [0.717, 1.165) is 50.1 Å². The zero-order valence-electron chi connectivity index (χ0n) is 33.2. The fourth-order valence-corrected chi connectivity index (χ4v) is 8.51. The van der Waals surface area contributed by atoms with E-state index in [9.17, 15) is 0 Å². The number of hydrogen-bond acceptors (Lipinski definition) is 3. The number of fused-ring (bicyclic) bond motifs is 3. The zero-order valence-corrected chi connectivity index (χ0v) is 33.2. The van der Waals surface area contributed by atoms with Gasteiger partial charge in [0.1, 0.15) is 0 Å². The van der Waals surface area contributed by atoms with Crippen LogP contribution in [-0.2, 0) is 0 Å². The van der Waals surface area contributed by atoms with E-state index in [-0.39, 0.29) is 0 Å². The molecule has 2 heterocycles. The molecule has 0 radical (unpaired) electrons. The lowest BCUT2D eigenvalue weighted by Crippen LogP contribution is -2.00. The summed E-state index contributed by atoms with van der Waals surface area (Å²) in [5, 5.41) is 2.39. The highest BCUT2D eigenvalue weighted by Crippen LogP contribution is 2.41. The fourth-order valence-electron chi connectivity index (χ4n) is 8.51. The number of rotatable bonds is 8. The number of nitrogens with zero attached hydrogens (tertiary/aromatic N) is 4. The van der Waals surface area contributed by atoms with Crippen molar-refractivity contribution in [3.63, 3.8) is 0 Å². The third-order valence-electron chi connectivity index (χ3n) is 11.4. The first-order valence-electron chi connectivity index (χ1n) is 20.6. The van der Waals surface area contributed by atoms with E-state index in [2.05, 4.69) is 174 Å². The van der Waals surface area contributed by atoms with Crippen molar-refractivity contribution in [2.75, 3.05) is 0 Å². The van der Waals surface area contributed by atoms with Crippen LogP contribution >= 0.6 is 0 Å². The van der Waals surface area contributed by atoms with Crippen molar-refractivity contribution in [2.45, 2.75) is 0 Å². The SMILES string of the molecule is c1ccc(-c2cc(-c3ccccc3)cc(-c3cccc(-n4c5ccccc5c5c(-c6cccc(-c7nc(-c8ccccc8)nc(-c8ccccc8)n7)c6)cccc54)c3)c2)cc1. The highest BCUT2D eigenvalue weighted by atomic mass is 15.0. The van der Waals surface area contributed by atoms with E-state index in [4.69, 9.17) is 15.0 Å². The van der Waals surface area contributed by atoms with Crippen LogP contribution in [0.15, 0.2) is 231 Å². The highest BCUT2D eigenvalue weighted by Gasteiger charge is 2.18. The molecule has 0 spiro atoms. The van der Waals surface area contributed by atoms with Crippen molar-refractivity contribution in [2.24, 2.45) is 0 Å². The van der Waals surface area contributed by atoms with Crippen molar-refractivity contribution in [3.8, 4) is 84.4 Å². The van der Waals surface area contributed by atoms with Gasteiger partial charge in [-0.1, -0.05) is 182 Å². The summed E-state index contributed by atoms with van der Waals surface area (Å²) in [6, 6.07) is 81.4. The summed E-state index contributed by atoms with van der Waals surface area (Å²) in [5.41, 5.74) is 15.6. The zero-order chi connectivity index (χ0) is 40.5. The molecule has 0 fully saturated rings. The number of para-hydroxylation sites is 1. The van der Waals surface area contributed by atoms with Crippen LogP contribution in [-0.4, -0.2) is 19.5 Å². The van der Waals surface area contributed by atoms with Gasteiger partial charge in [-0.2, -0.15) is 0 Å². The molecule has 0 aliphatic rings. The van der Waals surface area contributed by atoms with Crippen molar-refractivity contribution in [1.29, 1.82) is 0 Å². The summed E-state index contributed by atoms with van der Waals surface area (Å²) in [5.74, 6) is 1.92. The Morgan fingerprint density at radius 1 is 0.262 bits per heavy atom. The molecule has 11 aromatic rings. The van der Waals surface area contributed by atoms with Gasteiger partial charge in [0.2, 0.25) is 0 Å². The van der Waals surface area contributed by atoms with Crippen LogP contribution in [0.25, 0.3) is 106 Å². The van der Waals surface area contributed by atoms with Crippen LogP contribution in [0.2, 0.25) is 0 Å². The van der Waals surface area contributed by atoms with Gasteiger partial charge in [0.25, 0.3) is 0 Å². The predicted octanol–water partition coefficient (Wildman–Crippen LogP) is 14.6. The van der Waals surface area contributed by atoms with Crippen molar-refractivity contribution >= 4 is 21.8 Å². The molecule has 0 saturated heterocycles. The molecular weight excluding hydrogens is 741 g/mol.